The van der Waals surface area contributed by atoms with Gasteiger partial charge in [-0.3, -0.25) is 14.1 Å². The number of hydrogen-bond donors (Lipinski definition) is 4. The molecule has 0 saturated carbocycles. The second-order valence-electron chi connectivity index (χ2n) is 15.0. The number of carbonyl (C=O) groups excluding carboxylic acids is 2. The molecule has 0 radical (unpaired) electrons. The maximum absolute atomic E-state index is 12.8. The van der Waals surface area contributed by atoms with Crippen LogP contribution in [0.4, 0.5) is 0 Å². The SMILES string of the molecule is CC/C=C\C/C=C\C/C=C\C/C=C\CCCCC(=O)OC(COC(=O)CCCCCCC/C=C\CCCCCCCC)COC1OC(CS(=O)(=O)O)C(O)C(O)C1O. The minimum Gasteiger partial charge on any atom is -0.462 e. The summed E-state index contributed by atoms with van der Waals surface area (Å²) in [6.07, 6.45) is 32.7. The molecular weight excluding hydrogens is 765 g/mol. The summed E-state index contributed by atoms with van der Waals surface area (Å²) < 4.78 is 53.9. The van der Waals surface area contributed by atoms with Gasteiger partial charge in [-0.1, -0.05) is 126 Å². The first kappa shape index (κ1) is 53.4. The highest BCUT2D eigenvalue weighted by molar-refractivity contribution is 7.85. The predicted octanol–water partition coefficient (Wildman–Crippen LogP) is 8.56. The van der Waals surface area contributed by atoms with Gasteiger partial charge in [-0.2, -0.15) is 8.42 Å². The number of hydrogen-bond acceptors (Lipinski definition) is 11. The minimum atomic E-state index is -4.61. The molecule has 58 heavy (non-hydrogen) atoms. The summed E-state index contributed by atoms with van der Waals surface area (Å²) in [5.74, 6) is -2.06. The zero-order valence-electron chi connectivity index (χ0n) is 35.4. The Hall–Kier alpha value is -2.65. The number of carbonyl (C=O) groups is 2. The predicted molar refractivity (Wildman–Crippen MR) is 229 cm³/mol. The lowest BCUT2D eigenvalue weighted by molar-refractivity contribution is -0.297. The zero-order chi connectivity index (χ0) is 42.7. The lowest BCUT2D eigenvalue weighted by atomic mass is 10.00. The molecule has 1 heterocycles. The maximum Gasteiger partial charge on any atom is 0.306 e. The molecule has 0 amide bonds. The first-order valence-corrected chi connectivity index (χ1v) is 23.5. The summed E-state index contributed by atoms with van der Waals surface area (Å²) in [5, 5.41) is 30.8. The van der Waals surface area contributed by atoms with E-state index in [1.165, 1.54) is 38.5 Å². The minimum absolute atomic E-state index is 0.108. The molecule has 1 aliphatic rings. The third kappa shape index (κ3) is 29.5. The van der Waals surface area contributed by atoms with E-state index < -0.39 is 71.2 Å². The number of aliphatic hydroxyl groups excluding tert-OH is 3. The Balaban J connectivity index is 2.51. The van der Waals surface area contributed by atoms with Crippen LogP contribution < -0.4 is 0 Å². The average Bonchev–Trinajstić information content (AvgIpc) is 3.18. The van der Waals surface area contributed by atoms with E-state index >= 15 is 0 Å². The highest BCUT2D eigenvalue weighted by Crippen LogP contribution is 2.24. The van der Waals surface area contributed by atoms with Gasteiger partial charge >= 0.3 is 11.9 Å². The first-order valence-electron chi connectivity index (χ1n) is 21.8. The Morgan fingerprint density at radius 2 is 1.09 bits per heavy atom. The largest absolute Gasteiger partial charge is 0.462 e. The van der Waals surface area contributed by atoms with E-state index in [2.05, 4.69) is 74.6 Å². The Bertz CT molecular complexity index is 1310. The number of aliphatic hydroxyl groups is 3. The molecule has 0 aliphatic carbocycles. The molecule has 0 aromatic heterocycles. The highest BCUT2D eigenvalue weighted by Gasteiger charge is 2.46. The summed E-state index contributed by atoms with van der Waals surface area (Å²) in [5.41, 5.74) is 0. The lowest BCUT2D eigenvalue weighted by Gasteiger charge is -2.40. The zero-order valence-corrected chi connectivity index (χ0v) is 36.2. The summed E-state index contributed by atoms with van der Waals surface area (Å²) in [6, 6.07) is 0. The molecule has 12 nitrogen and oxygen atoms in total. The van der Waals surface area contributed by atoms with E-state index in [-0.39, 0.29) is 19.4 Å². The van der Waals surface area contributed by atoms with Crippen LogP contribution in [-0.4, -0.2) is 96.0 Å². The fourth-order valence-corrected chi connectivity index (χ4v) is 6.88. The van der Waals surface area contributed by atoms with Crippen LogP contribution in [0.15, 0.2) is 60.8 Å². The lowest BCUT2D eigenvalue weighted by Crippen LogP contribution is -2.60. The van der Waals surface area contributed by atoms with Gasteiger partial charge in [0.25, 0.3) is 10.1 Å². The van der Waals surface area contributed by atoms with Crippen molar-refractivity contribution in [3.8, 4) is 0 Å². The molecule has 0 bridgehead atoms. The molecule has 0 aromatic carbocycles. The van der Waals surface area contributed by atoms with Crippen molar-refractivity contribution in [2.75, 3.05) is 19.0 Å². The number of unbranched alkanes of at least 4 members (excludes halogenated alkanes) is 13. The molecule has 1 rings (SSSR count). The number of esters is 2. The van der Waals surface area contributed by atoms with E-state index in [0.29, 0.717) is 12.8 Å². The van der Waals surface area contributed by atoms with Gasteiger partial charge in [0.15, 0.2) is 12.4 Å². The fourth-order valence-electron chi connectivity index (χ4n) is 6.19. The van der Waals surface area contributed by atoms with Crippen molar-refractivity contribution in [2.24, 2.45) is 0 Å². The highest BCUT2D eigenvalue weighted by atomic mass is 32.2. The van der Waals surface area contributed by atoms with E-state index in [1.54, 1.807) is 0 Å². The summed E-state index contributed by atoms with van der Waals surface area (Å²) in [7, 11) is -4.61. The second-order valence-corrected chi connectivity index (χ2v) is 16.5. The van der Waals surface area contributed by atoms with Crippen LogP contribution in [0.1, 0.15) is 155 Å². The smallest absolute Gasteiger partial charge is 0.306 e. The number of rotatable bonds is 35. The van der Waals surface area contributed by atoms with Crippen molar-refractivity contribution >= 4 is 22.1 Å². The van der Waals surface area contributed by atoms with Crippen molar-refractivity contribution < 1.29 is 56.8 Å². The molecule has 1 fully saturated rings. The van der Waals surface area contributed by atoms with E-state index in [4.69, 9.17) is 18.9 Å². The fraction of sp³-hybridized carbons (Fsp3) is 0.733. The van der Waals surface area contributed by atoms with Crippen molar-refractivity contribution in [3.05, 3.63) is 60.8 Å². The van der Waals surface area contributed by atoms with Gasteiger partial charge in [-0.05, 0) is 77.0 Å². The Labute approximate surface area is 349 Å². The van der Waals surface area contributed by atoms with E-state index in [1.807, 2.05) is 0 Å². The van der Waals surface area contributed by atoms with E-state index in [0.717, 1.165) is 77.0 Å². The van der Waals surface area contributed by atoms with Gasteiger partial charge in [-0.25, -0.2) is 0 Å². The molecule has 334 valence electrons. The summed E-state index contributed by atoms with van der Waals surface area (Å²) in [4.78, 5) is 25.3. The first-order chi connectivity index (χ1) is 28.0. The summed E-state index contributed by atoms with van der Waals surface area (Å²) >= 11 is 0. The van der Waals surface area contributed by atoms with Crippen LogP contribution in [0.3, 0.4) is 0 Å². The molecule has 1 saturated heterocycles. The third-order valence-corrected chi connectivity index (χ3v) is 10.3. The molecule has 6 unspecified atom stereocenters. The quantitative estimate of drug-likeness (QED) is 0.0207. The second kappa shape index (κ2) is 35.1. The molecule has 1 aliphatic heterocycles. The van der Waals surface area contributed by atoms with Crippen molar-refractivity contribution in [2.45, 2.75) is 192 Å². The topological polar surface area (TPSA) is 186 Å². The summed E-state index contributed by atoms with van der Waals surface area (Å²) in [6.45, 7) is 3.58. The molecule has 0 aromatic rings. The Morgan fingerprint density at radius 1 is 0.603 bits per heavy atom. The van der Waals surface area contributed by atoms with Crippen LogP contribution >= 0.6 is 0 Å². The molecular formula is C45H76O12S. The number of allylic oxidation sites excluding steroid dienone is 10. The van der Waals surface area contributed by atoms with Gasteiger partial charge in [0.2, 0.25) is 0 Å². The van der Waals surface area contributed by atoms with Gasteiger partial charge in [0.1, 0.15) is 36.8 Å². The Kier molecular flexibility index (Phi) is 32.3. The van der Waals surface area contributed by atoms with Crippen LogP contribution in [0.25, 0.3) is 0 Å². The molecule has 6 atom stereocenters. The van der Waals surface area contributed by atoms with Crippen LogP contribution in [0.2, 0.25) is 0 Å². The maximum atomic E-state index is 12.8. The van der Waals surface area contributed by atoms with Crippen molar-refractivity contribution in [1.82, 2.24) is 0 Å². The van der Waals surface area contributed by atoms with Crippen molar-refractivity contribution in [1.29, 1.82) is 0 Å². The van der Waals surface area contributed by atoms with Gasteiger partial charge in [0.05, 0.1) is 6.61 Å². The van der Waals surface area contributed by atoms with Gasteiger partial charge in [0, 0.05) is 12.8 Å². The monoisotopic (exact) mass is 841 g/mol. The average molecular weight is 841 g/mol. The third-order valence-electron chi connectivity index (χ3n) is 9.58. The standard InChI is InChI=1S/C45H76O12S/c1-3-5-7-9-11-13-15-17-19-21-23-25-27-29-31-33-40(46)54-35-38(36-55-45-44(50)43(49)42(48)39(57-45)37-58(51,52)53)56-41(47)34-32-30-28-26-24-22-20-18-16-14-12-10-8-6-4-2/h6,8,12,14,17-20,24,26,38-39,42-45,48-50H,3-5,7,9-11,13,15-16,21-23,25,27-37H2,1-2H3,(H,51,52,53)/b8-6-,14-12-,19-17-,20-18-,26-24-. The number of ether oxygens (including phenoxy) is 4. The molecule has 13 heteroatoms. The normalized spacial score (nSPS) is 21.0. The van der Waals surface area contributed by atoms with Crippen LogP contribution in [0, 0.1) is 0 Å². The van der Waals surface area contributed by atoms with Gasteiger partial charge < -0.3 is 34.3 Å². The molecule has 0 spiro atoms. The molecule has 4 N–H and O–H groups in total. The van der Waals surface area contributed by atoms with Gasteiger partial charge in [-0.15, -0.1) is 0 Å². The van der Waals surface area contributed by atoms with Crippen LogP contribution in [0.5, 0.6) is 0 Å². The van der Waals surface area contributed by atoms with E-state index in [9.17, 15) is 37.9 Å². The van der Waals surface area contributed by atoms with Crippen molar-refractivity contribution in [3.63, 3.8) is 0 Å². The Morgan fingerprint density at radius 3 is 1.67 bits per heavy atom. The van der Waals surface area contributed by atoms with Crippen LogP contribution in [-0.2, 0) is 38.7 Å².